The number of benzene rings is 2. The molecule has 5 heteroatoms. The molecule has 0 aliphatic rings. The molecule has 0 atom stereocenters. The van der Waals surface area contributed by atoms with Gasteiger partial charge < -0.3 is 10.2 Å². The predicted octanol–water partition coefficient (Wildman–Crippen LogP) is 4.94. The minimum absolute atomic E-state index is 0.349. The predicted molar refractivity (Wildman–Crippen MR) is 92.0 cm³/mol. The number of aliphatic imine (C=N–C) groups is 1. The first-order valence-electron chi connectivity index (χ1n) is 7.49. The summed E-state index contributed by atoms with van der Waals surface area (Å²) >= 11 is 0. The molecule has 3 nitrogen and oxygen atoms in total. The van der Waals surface area contributed by atoms with E-state index in [0.29, 0.717) is 17.1 Å². The molecule has 0 amide bonds. The first-order chi connectivity index (χ1) is 10.9. The van der Waals surface area contributed by atoms with Gasteiger partial charge in [0.25, 0.3) is 0 Å². The monoisotopic (exact) mass is 317 g/mol. The van der Waals surface area contributed by atoms with Crippen molar-refractivity contribution in [1.29, 1.82) is 0 Å². The summed E-state index contributed by atoms with van der Waals surface area (Å²) < 4.78 is 27.9. The van der Waals surface area contributed by atoms with Crippen LogP contribution in [0, 0.1) is 25.5 Å². The van der Waals surface area contributed by atoms with Crippen LogP contribution in [0.5, 0.6) is 0 Å². The van der Waals surface area contributed by atoms with E-state index in [1.54, 1.807) is 25.4 Å². The molecule has 0 saturated heterocycles. The molecule has 122 valence electrons. The van der Waals surface area contributed by atoms with Gasteiger partial charge in [-0.25, -0.2) is 13.8 Å². The van der Waals surface area contributed by atoms with E-state index in [1.807, 2.05) is 25.8 Å². The molecule has 0 radical (unpaired) electrons. The molecule has 0 saturated carbocycles. The molecule has 2 aromatic carbocycles. The number of nitrogens with zero attached hydrogens (tertiary/aromatic N) is 2. The van der Waals surface area contributed by atoms with Crippen molar-refractivity contribution >= 4 is 23.4 Å². The molecule has 0 spiro atoms. The number of anilines is 2. The maximum atomic E-state index is 14.0. The smallest absolute Gasteiger partial charge is 0.146 e. The Morgan fingerprint density at radius 3 is 2.61 bits per heavy atom. The zero-order chi connectivity index (χ0) is 17.0. The van der Waals surface area contributed by atoms with E-state index in [0.717, 1.165) is 17.7 Å². The fraction of sp³-hybridized carbons (Fsp3) is 0.278. The van der Waals surface area contributed by atoms with Gasteiger partial charge in [-0.15, -0.1) is 0 Å². The van der Waals surface area contributed by atoms with Crippen LogP contribution in [0.15, 0.2) is 35.3 Å². The highest BCUT2D eigenvalue weighted by Crippen LogP contribution is 2.31. The Kier molecular flexibility index (Phi) is 5.32. The van der Waals surface area contributed by atoms with Gasteiger partial charge >= 0.3 is 0 Å². The lowest BCUT2D eigenvalue weighted by Crippen LogP contribution is -2.14. The normalized spacial score (nSPS) is 11.0. The molecule has 2 aromatic rings. The third-order valence-corrected chi connectivity index (χ3v) is 3.72. The molecular formula is C18H21F2N3. The minimum Gasteiger partial charge on any atom is -0.366 e. The number of halogens is 2. The van der Waals surface area contributed by atoms with Gasteiger partial charge in [0.15, 0.2) is 0 Å². The molecule has 2 rings (SSSR count). The van der Waals surface area contributed by atoms with E-state index in [9.17, 15) is 8.78 Å². The van der Waals surface area contributed by atoms with E-state index in [1.165, 1.54) is 18.2 Å². The fourth-order valence-electron chi connectivity index (χ4n) is 2.10. The van der Waals surface area contributed by atoms with Crippen molar-refractivity contribution in [2.75, 3.05) is 18.9 Å². The van der Waals surface area contributed by atoms with Crippen molar-refractivity contribution in [1.82, 2.24) is 4.90 Å². The third kappa shape index (κ3) is 4.06. The number of rotatable bonds is 5. The van der Waals surface area contributed by atoms with Crippen molar-refractivity contribution in [3.63, 3.8) is 0 Å². The Balaban J connectivity index is 2.40. The van der Waals surface area contributed by atoms with Gasteiger partial charge in [0, 0.05) is 19.3 Å². The summed E-state index contributed by atoms with van der Waals surface area (Å²) in [5.41, 5.74) is 2.88. The zero-order valence-electron chi connectivity index (χ0n) is 13.8. The van der Waals surface area contributed by atoms with E-state index in [4.69, 9.17) is 0 Å². The van der Waals surface area contributed by atoms with Crippen LogP contribution in [0.4, 0.5) is 25.8 Å². The van der Waals surface area contributed by atoms with Crippen LogP contribution in [0.1, 0.15) is 18.1 Å². The van der Waals surface area contributed by atoms with Crippen LogP contribution < -0.4 is 5.32 Å². The van der Waals surface area contributed by atoms with Gasteiger partial charge in [0.05, 0.1) is 17.7 Å². The lowest BCUT2D eigenvalue weighted by atomic mass is 10.1. The number of nitrogens with one attached hydrogen (secondary N) is 1. The van der Waals surface area contributed by atoms with E-state index >= 15 is 0 Å². The van der Waals surface area contributed by atoms with Crippen molar-refractivity contribution < 1.29 is 8.78 Å². The zero-order valence-corrected chi connectivity index (χ0v) is 13.8. The first kappa shape index (κ1) is 16.9. The van der Waals surface area contributed by atoms with Crippen molar-refractivity contribution in [2.24, 2.45) is 4.99 Å². The molecule has 0 fully saturated rings. The van der Waals surface area contributed by atoms with Crippen LogP contribution in [-0.4, -0.2) is 24.8 Å². The highest BCUT2D eigenvalue weighted by molar-refractivity contribution is 5.73. The summed E-state index contributed by atoms with van der Waals surface area (Å²) in [6, 6.07) is 7.54. The summed E-state index contributed by atoms with van der Waals surface area (Å²) in [6.45, 7) is 6.43. The van der Waals surface area contributed by atoms with E-state index < -0.39 is 5.82 Å². The van der Waals surface area contributed by atoms with Crippen LogP contribution >= 0.6 is 0 Å². The Morgan fingerprint density at radius 1 is 1.22 bits per heavy atom. The summed E-state index contributed by atoms with van der Waals surface area (Å²) in [5, 5.41) is 2.99. The third-order valence-electron chi connectivity index (χ3n) is 3.72. The van der Waals surface area contributed by atoms with Crippen molar-refractivity contribution in [3.05, 3.63) is 53.1 Å². The lowest BCUT2D eigenvalue weighted by molar-refractivity contribution is 0.552. The molecule has 0 aliphatic heterocycles. The first-order valence-corrected chi connectivity index (χ1v) is 7.49. The quantitative estimate of drug-likeness (QED) is 0.625. The molecule has 0 aliphatic carbocycles. The van der Waals surface area contributed by atoms with Gasteiger partial charge in [-0.1, -0.05) is 12.1 Å². The largest absolute Gasteiger partial charge is 0.366 e. The van der Waals surface area contributed by atoms with E-state index in [-0.39, 0.29) is 5.82 Å². The highest BCUT2D eigenvalue weighted by atomic mass is 19.1. The van der Waals surface area contributed by atoms with Crippen LogP contribution in [0.3, 0.4) is 0 Å². The standard InChI is InChI=1S/C18H21F2N3/c1-5-23(4)11-21-16-9-14(19)10-17(13(16)3)22-18-12(2)7-6-8-15(18)20/h6-11,22H,5H2,1-4H3. The second kappa shape index (κ2) is 7.22. The van der Waals surface area contributed by atoms with Crippen molar-refractivity contribution in [2.45, 2.75) is 20.8 Å². The van der Waals surface area contributed by atoms with Crippen LogP contribution in [0.2, 0.25) is 0 Å². The fourth-order valence-corrected chi connectivity index (χ4v) is 2.10. The topological polar surface area (TPSA) is 27.6 Å². The average Bonchev–Trinajstić information content (AvgIpc) is 2.52. The number of aryl methyl sites for hydroxylation is 1. The van der Waals surface area contributed by atoms with Gasteiger partial charge in [0.1, 0.15) is 11.6 Å². The second-order valence-corrected chi connectivity index (χ2v) is 5.47. The maximum absolute atomic E-state index is 14.0. The number of hydrogen-bond acceptors (Lipinski definition) is 2. The van der Waals surface area contributed by atoms with Gasteiger partial charge in [-0.2, -0.15) is 0 Å². The van der Waals surface area contributed by atoms with Crippen LogP contribution in [0.25, 0.3) is 0 Å². The molecule has 0 heterocycles. The molecule has 23 heavy (non-hydrogen) atoms. The second-order valence-electron chi connectivity index (χ2n) is 5.47. The number of hydrogen-bond donors (Lipinski definition) is 1. The summed E-state index contributed by atoms with van der Waals surface area (Å²) in [5.74, 6) is -0.789. The maximum Gasteiger partial charge on any atom is 0.146 e. The van der Waals surface area contributed by atoms with Gasteiger partial charge in [-0.3, -0.25) is 0 Å². The Hall–Kier alpha value is -2.43. The number of para-hydroxylation sites is 1. The summed E-state index contributed by atoms with van der Waals surface area (Å²) in [4.78, 5) is 6.20. The van der Waals surface area contributed by atoms with Gasteiger partial charge in [-0.05, 0) is 50.1 Å². The molecular weight excluding hydrogens is 296 g/mol. The van der Waals surface area contributed by atoms with Crippen LogP contribution in [-0.2, 0) is 0 Å². The van der Waals surface area contributed by atoms with Crippen molar-refractivity contribution in [3.8, 4) is 0 Å². The Morgan fingerprint density at radius 2 is 1.96 bits per heavy atom. The van der Waals surface area contributed by atoms with Gasteiger partial charge in [0.2, 0.25) is 0 Å². The molecule has 0 aromatic heterocycles. The average molecular weight is 317 g/mol. The Labute approximate surface area is 135 Å². The Bertz CT molecular complexity index is 706. The molecule has 1 N–H and O–H groups in total. The lowest BCUT2D eigenvalue weighted by Gasteiger charge is -2.15. The van der Waals surface area contributed by atoms with E-state index in [2.05, 4.69) is 10.3 Å². The molecule has 0 bridgehead atoms. The SMILES string of the molecule is CCN(C)C=Nc1cc(F)cc(Nc2c(C)cccc2F)c1C. The highest BCUT2D eigenvalue weighted by Gasteiger charge is 2.11. The minimum atomic E-state index is -0.418. The summed E-state index contributed by atoms with van der Waals surface area (Å²) in [7, 11) is 1.89. The summed E-state index contributed by atoms with van der Waals surface area (Å²) in [6.07, 6.45) is 1.65. The molecule has 0 unspecified atom stereocenters.